The number of hydrogen-bond acceptors (Lipinski definition) is 3. The van der Waals surface area contributed by atoms with Crippen LogP contribution in [0.1, 0.15) is 5.69 Å². The fraction of sp³-hybridized carbons (Fsp3) is 0.250. The van der Waals surface area contributed by atoms with Gasteiger partial charge >= 0.3 is 0 Å². The standard InChI is InChI=1S/C12H13N3O/c1-2-4-12-11(3-1)15(7-8-16-12)9-10-5-6-13-14-10/h1-6H,7-9H2,(H,13,14). The van der Waals surface area contributed by atoms with E-state index in [0.29, 0.717) is 0 Å². The predicted octanol–water partition coefficient (Wildman–Crippen LogP) is 1.81. The third-order valence-electron chi connectivity index (χ3n) is 2.74. The minimum absolute atomic E-state index is 0.741. The van der Waals surface area contributed by atoms with Gasteiger partial charge in [0.1, 0.15) is 12.4 Å². The van der Waals surface area contributed by atoms with Crippen molar-refractivity contribution in [1.29, 1.82) is 0 Å². The molecule has 1 aromatic heterocycles. The second kappa shape index (κ2) is 3.89. The summed E-state index contributed by atoms with van der Waals surface area (Å²) >= 11 is 0. The van der Waals surface area contributed by atoms with Crippen molar-refractivity contribution in [3.8, 4) is 5.75 Å². The van der Waals surface area contributed by atoms with Crippen molar-refractivity contribution in [2.75, 3.05) is 18.1 Å². The molecule has 1 aromatic carbocycles. The zero-order chi connectivity index (χ0) is 10.8. The van der Waals surface area contributed by atoms with Crippen molar-refractivity contribution in [2.45, 2.75) is 6.54 Å². The van der Waals surface area contributed by atoms with Crippen molar-refractivity contribution in [1.82, 2.24) is 10.2 Å². The van der Waals surface area contributed by atoms with Gasteiger partial charge in [-0.25, -0.2) is 0 Å². The SMILES string of the molecule is c1ccc2c(c1)OCCN2Cc1ccn[nH]1. The van der Waals surface area contributed by atoms with Gasteiger partial charge in [0, 0.05) is 6.20 Å². The predicted molar refractivity (Wildman–Crippen MR) is 61.6 cm³/mol. The summed E-state index contributed by atoms with van der Waals surface area (Å²) in [6.45, 7) is 2.50. The lowest BCUT2D eigenvalue weighted by Gasteiger charge is -2.30. The third kappa shape index (κ3) is 1.62. The largest absolute Gasteiger partial charge is 0.490 e. The first-order valence-electron chi connectivity index (χ1n) is 5.38. The third-order valence-corrected chi connectivity index (χ3v) is 2.74. The fourth-order valence-corrected chi connectivity index (χ4v) is 1.97. The number of nitrogens with zero attached hydrogens (tertiary/aromatic N) is 2. The number of fused-ring (bicyclic) bond motifs is 1. The van der Waals surface area contributed by atoms with Gasteiger partial charge in [-0.15, -0.1) is 0 Å². The van der Waals surface area contributed by atoms with Crippen LogP contribution in [0.15, 0.2) is 36.5 Å². The first kappa shape index (κ1) is 9.27. The van der Waals surface area contributed by atoms with Gasteiger partial charge in [-0.05, 0) is 18.2 Å². The summed E-state index contributed by atoms with van der Waals surface area (Å²) in [6.07, 6.45) is 1.78. The van der Waals surface area contributed by atoms with Crippen LogP contribution in [-0.2, 0) is 6.54 Å². The van der Waals surface area contributed by atoms with E-state index in [4.69, 9.17) is 4.74 Å². The molecule has 2 aromatic rings. The first-order chi connectivity index (χ1) is 7.93. The molecule has 4 nitrogen and oxygen atoms in total. The monoisotopic (exact) mass is 215 g/mol. The molecule has 0 unspecified atom stereocenters. The van der Waals surface area contributed by atoms with Crippen LogP contribution >= 0.6 is 0 Å². The summed E-state index contributed by atoms with van der Waals surface area (Å²) in [6, 6.07) is 10.1. The average Bonchev–Trinajstić information content (AvgIpc) is 2.82. The quantitative estimate of drug-likeness (QED) is 0.830. The van der Waals surface area contributed by atoms with E-state index in [-0.39, 0.29) is 0 Å². The molecular formula is C12H13N3O. The minimum Gasteiger partial charge on any atom is -0.490 e. The Morgan fingerprint density at radius 2 is 2.25 bits per heavy atom. The second-order valence-electron chi connectivity index (χ2n) is 3.82. The van der Waals surface area contributed by atoms with E-state index < -0.39 is 0 Å². The molecule has 0 atom stereocenters. The fourth-order valence-electron chi connectivity index (χ4n) is 1.97. The van der Waals surface area contributed by atoms with Gasteiger partial charge in [-0.3, -0.25) is 5.10 Å². The lowest BCUT2D eigenvalue weighted by Crippen LogP contribution is -2.32. The molecule has 0 spiro atoms. The Bertz CT molecular complexity index is 467. The van der Waals surface area contributed by atoms with Crippen molar-refractivity contribution in [3.05, 3.63) is 42.2 Å². The van der Waals surface area contributed by atoms with Crippen LogP contribution in [0.5, 0.6) is 5.75 Å². The van der Waals surface area contributed by atoms with E-state index >= 15 is 0 Å². The Kier molecular flexibility index (Phi) is 2.25. The molecule has 1 aliphatic rings. The number of para-hydroxylation sites is 2. The highest BCUT2D eigenvalue weighted by Gasteiger charge is 2.17. The average molecular weight is 215 g/mol. The molecule has 0 aliphatic carbocycles. The molecule has 1 aliphatic heterocycles. The van der Waals surface area contributed by atoms with Crippen molar-refractivity contribution < 1.29 is 4.74 Å². The highest BCUT2D eigenvalue weighted by atomic mass is 16.5. The van der Waals surface area contributed by atoms with Crippen LogP contribution in [0.2, 0.25) is 0 Å². The molecule has 1 N–H and O–H groups in total. The summed E-state index contributed by atoms with van der Waals surface area (Å²) in [5.74, 6) is 0.966. The Hall–Kier alpha value is -1.97. The lowest BCUT2D eigenvalue weighted by molar-refractivity contribution is 0.306. The molecule has 0 radical (unpaired) electrons. The van der Waals surface area contributed by atoms with E-state index in [2.05, 4.69) is 21.2 Å². The Morgan fingerprint density at radius 3 is 3.12 bits per heavy atom. The number of nitrogens with one attached hydrogen (secondary N) is 1. The molecule has 0 bridgehead atoms. The molecule has 3 rings (SSSR count). The van der Waals surface area contributed by atoms with Crippen LogP contribution in [0.3, 0.4) is 0 Å². The maximum Gasteiger partial charge on any atom is 0.142 e. The molecule has 2 heterocycles. The van der Waals surface area contributed by atoms with Crippen molar-refractivity contribution in [2.24, 2.45) is 0 Å². The summed E-state index contributed by atoms with van der Waals surface area (Å²) in [5, 5.41) is 6.94. The molecular weight excluding hydrogens is 202 g/mol. The Morgan fingerprint density at radius 1 is 1.31 bits per heavy atom. The van der Waals surface area contributed by atoms with Crippen LogP contribution in [0, 0.1) is 0 Å². The maximum absolute atomic E-state index is 5.61. The second-order valence-corrected chi connectivity index (χ2v) is 3.82. The number of aromatic amines is 1. The maximum atomic E-state index is 5.61. The number of hydrogen-bond donors (Lipinski definition) is 1. The van der Waals surface area contributed by atoms with Gasteiger partial charge in [0.2, 0.25) is 0 Å². The van der Waals surface area contributed by atoms with E-state index in [1.807, 2.05) is 24.3 Å². The minimum atomic E-state index is 0.741. The van der Waals surface area contributed by atoms with Crippen molar-refractivity contribution in [3.63, 3.8) is 0 Å². The molecule has 82 valence electrons. The van der Waals surface area contributed by atoms with Crippen LogP contribution in [0.4, 0.5) is 5.69 Å². The Labute approximate surface area is 93.8 Å². The van der Waals surface area contributed by atoms with Crippen LogP contribution in [0.25, 0.3) is 0 Å². The first-order valence-corrected chi connectivity index (χ1v) is 5.38. The summed E-state index contributed by atoms with van der Waals surface area (Å²) in [4.78, 5) is 2.30. The molecule has 4 heteroatoms. The molecule has 0 saturated carbocycles. The summed E-state index contributed by atoms with van der Waals surface area (Å²) in [5.41, 5.74) is 2.28. The van der Waals surface area contributed by atoms with Gasteiger partial charge < -0.3 is 9.64 Å². The van der Waals surface area contributed by atoms with Gasteiger partial charge in [0.05, 0.1) is 24.5 Å². The van der Waals surface area contributed by atoms with Crippen LogP contribution in [-0.4, -0.2) is 23.3 Å². The number of ether oxygens (including phenoxy) is 1. The van der Waals surface area contributed by atoms with E-state index in [9.17, 15) is 0 Å². The van der Waals surface area contributed by atoms with Crippen LogP contribution < -0.4 is 9.64 Å². The normalized spacial score (nSPS) is 14.4. The number of rotatable bonds is 2. The van der Waals surface area contributed by atoms with Crippen molar-refractivity contribution >= 4 is 5.69 Å². The van der Waals surface area contributed by atoms with Gasteiger partial charge in [-0.2, -0.15) is 5.10 Å². The van der Waals surface area contributed by atoms with Gasteiger partial charge in [0.25, 0.3) is 0 Å². The zero-order valence-electron chi connectivity index (χ0n) is 8.89. The topological polar surface area (TPSA) is 41.1 Å². The van der Waals surface area contributed by atoms with Gasteiger partial charge in [0.15, 0.2) is 0 Å². The zero-order valence-corrected chi connectivity index (χ0v) is 8.89. The highest BCUT2D eigenvalue weighted by Crippen LogP contribution is 2.31. The molecule has 16 heavy (non-hydrogen) atoms. The Balaban J connectivity index is 1.87. The summed E-state index contributed by atoms with van der Waals surface area (Å²) < 4.78 is 5.61. The lowest BCUT2D eigenvalue weighted by atomic mass is 10.2. The number of anilines is 1. The molecule has 0 saturated heterocycles. The number of benzene rings is 1. The van der Waals surface area contributed by atoms with Gasteiger partial charge in [-0.1, -0.05) is 12.1 Å². The van der Waals surface area contributed by atoms with E-state index in [1.54, 1.807) is 6.20 Å². The smallest absolute Gasteiger partial charge is 0.142 e. The van der Waals surface area contributed by atoms with E-state index in [1.165, 1.54) is 0 Å². The highest BCUT2D eigenvalue weighted by molar-refractivity contribution is 5.59. The molecule has 0 fully saturated rings. The van der Waals surface area contributed by atoms with E-state index in [0.717, 1.165) is 36.8 Å². The summed E-state index contributed by atoms with van der Waals surface area (Å²) in [7, 11) is 0. The number of aromatic nitrogens is 2. The number of H-pyrrole nitrogens is 1. The molecule has 0 amide bonds.